The van der Waals surface area contributed by atoms with Gasteiger partial charge in [-0.1, -0.05) is 33.8 Å². The molecule has 3 aromatic rings. The van der Waals surface area contributed by atoms with Crippen molar-refractivity contribution in [1.29, 1.82) is 0 Å². The fourth-order valence-electron chi connectivity index (χ4n) is 3.88. The number of aromatic hydroxyl groups is 1. The molecule has 0 aliphatic heterocycles. The average molecular weight is 406 g/mol. The minimum atomic E-state index is 0.0701. The van der Waals surface area contributed by atoms with Crippen molar-refractivity contribution in [3.05, 3.63) is 77.1 Å². The number of hydrogen-bond acceptors (Lipinski definition) is 5. The molecule has 0 saturated heterocycles. The van der Waals surface area contributed by atoms with Crippen molar-refractivity contribution in [3.8, 4) is 11.5 Å². The van der Waals surface area contributed by atoms with Crippen LogP contribution in [0.1, 0.15) is 73.4 Å². The molecular formula is C25H31N3O2. The van der Waals surface area contributed by atoms with E-state index in [2.05, 4.69) is 42.6 Å². The summed E-state index contributed by atoms with van der Waals surface area (Å²) in [5, 5.41) is 11.0. The van der Waals surface area contributed by atoms with Crippen LogP contribution in [0.25, 0.3) is 0 Å². The molecule has 0 fully saturated rings. The maximum absolute atomic E-state index is 11.0. The summed E-state index contributed by atoms with van der Waals surface area (Å²) in [6.45, 7) is 8.49. The highest BCUT2D eigenvalue weighted by atomic mass is 16.5. The highest BCUT2D eigenvalue weighted by Gasteiger charge is 2.20. The van der Waals surface area contributed by atoms with E-state index in [4.69, 9.17) is 4.74 Å². The molecule has 30 heavy (non-hydrogen) atoms. The highest BCUT2D eigenvalue weighted by molar-refractivity contribution is 5.44. The van der Waals surface area contributed by atoms with Crippen LogP contribution in [0.5, 0.6) is 11.5 Å². The number of hydrogen-bond donors (Lipinski definition) is 1. The van der Waals surface area contributed by atoms with E-state index in [9.17, 15) is 5.11 Å². The number of pyridine rings is 3. The van der Waals surface area contributed by atoms with Crippen molar-refractivity contribution in [3.63, 3.8) is 0 Å². The topological polar surface area (TPSA) is 68.1 Å². The first-order chi connectivity index (χ1) is 14.4. The molecule has 0 aromatic carbocycles. The zero-order valence-electron chi connectivity index (χ0n) is 18.5. The van der Waals surface area contributed by atoms with Crippen LogP contribution in [-0.2, 0) is 12.8 Å². The largest absolute Gasteiger partial charge is 0.507 e. The first-order valence-electron chi connectivity index (χ1n) is 10.5. The molecule has 0 saturated carbocycles. The Kier molecular flexibility index (Phi) is 7.03. The van der Waals surface area contributed by atoms with Gasteiger partial charge < -0.3 is 9.84 Å². The van der Waals surface area contributed by atoms with Crippen LogP contribution < -0.4 is 4.74 Å². The van der Waals surface area contributed by atoms with Gasteiger partial charge in [0.1, 0.15) is 11.5 Å². The van der Waals surface area contributed by atoms with E-state index >= 15 is 0 Å². The average Bonchev–Trinajstić information content (AvgIpc) is 2.75. The lowest BCUT2D eigenvalue weighted by atomic mass is 9.90. The molecule has 0 aliphatic carbocycles. The molecular weight excluding hydrogens is 374 g/mol. The second kappa shape index (κ2) is 9.70. The lowest BCUT2D eigenvalue weighted by molar-refractivity contribution is 0.399. The molecule has 3 aromatic heterocycles. The van der Waals surface area contributed by atoms with Crippen LogP contribution in [0, 0.1) is 0 Å². The Bertz CT molecular complexity index is 973. The van der Waals surface area contributed by atoms with E-state index < -0.39 is 0 Å². The standard InChI is InChI=1S/C25H31N3O2/c1-16(2)21-14-27-13-20(25(21)30-5)10-17(3)22-15-26-12-19(24(22)29)11-18(4)23-8-6-7-9-28-23/h6-9,12-18H,10-11H2,1-5H3,(H,26,29). The molecule has 0 aliphatic rings. The van der Waals surface area contributed by atoms with E-state index in [0.717, 1.165) is 33.7 Å². The highest BCUT2D eigenvalue weighted by Crippen LogP contribution is 2.36. The zero-order valence-corrected chi connectivity index (χ0v) is 18.5. The molecule has 0 amide bonds. The Morgan fingerprint density at radius 3 is 2.17 bits per heavy atom. The molecule has 3 rings (SSSR count). The molecule has 5 nitrogen and oxygen atoms in total. The van der Waals surface area contributed by atoms with Crippen LogP contribution >= 0.6 is 0 Å². The van der Waals surface area contributed by atoms with Crippen molar-refractivity contribution in [2.45, 2.75) is 58.3 Å². The van der Waals surface area contributed by atoms with Gasteiger partial charge >= 0.3 is 0 Å². The van der Waals surface area contributed by atoms with Gasteiger partial charge in [-0.05, 0) is 36.8 Å². The molecule has 0 bridgehead atoms. The molecule has 0 spiro atoms. The number of aromatic nitrogens is 3. The van der Waals surface area contributed by atoms with Crippen molar-refractivity contribution in [2.24, 2.45) is 0 Å². The maximum Gasteiger partial charge on any atom is 0.128 e. The molecule has 2 unspecified atom stereocenters. The van der Waals surface area contributed by atoms with Gasteiger partial charge in [0, 0.05) is 64.8 Å². The van der Waals surface area contributed by atoms with Crippen LogP contribution in [0.15, 0.2) is 49.2 Å². The van der Waals surface area contributed by atoms with E-state index in [1.165, 1.54) is 0 Å². The van der Waals surface area contributed by atoms with Crippen molar-refractivity contribution >= 4 is 0 Å². The molecule has 3 heterocycles. The van der Waals surface area contributed by atoms with Gasteiger partial charge in [-0.15, -0.1) is 0 Å². The maximum atomic E-state index is 11.0. The lowest BCUT2D eigenvalue weighted by Gasteiger charge is -2.20. The van der Waals surface area contributed by atoms with Gasteiger partial charge in [0.05, 0.1) is 7.11 Å². The minimum absolute atomic E-state index is 0.0701. The van der Waals surface area contributed by atoms with Gasteiger partial charge in [0.25, 0.3) is 0 Å². The third kappa shape index (κ3) is 4.78. The SMILES string of the molecule is COc1c(CC(C)c2cncc(CC(C)c3ccccn3)c2O)cncc1C(C)C. The van der Waals surface area contributed by atoms with E-state index in [0.29, 0.717) is 24.5 Å². The van der Waals surface area contributed by atoms with Crippen LogP contribution in [0.2, 0.25) is 0 Å². The number of rotatable bonds is 8. The summed E-state index contributed by atoms with van der Waals surface area (Å²) in [5.41, 5.74) is 4.85. The van der Waals surface area contributed by atoms with Crippen LogP contribution in [-0.4, -0.2) is 27.2 Å². The fourth-order valence-corrected chi connectivity index (χ4v) is 3.88. The van der Waals surface area contributed by atoms with E-state index in [1.807, 2.05) is 30.6 Å². The zero-order chi connectivity index (χ0) is 21.7. The molecule has 158 valence electrons. The van der Waals surface area contributed by atoms with Crippen LogP contribution in [0.4, 0.5) is 0 Å². The normalized spacial score (nSPS) is 13.3. The molecule has 0 radical (unpaired) electrons. The molecule has 5 heteroatoms. The summed E-state index contributed by atoms with van der Waals surface area (Å²) in [6, 6.07) is 5.92. The first-order valence-corrected chi connectivity index (χ1v) is 10.5. The quantitative estimate of drug-likeness (QED) is 0.543. The predicted octanol–water partition coefficient (Wildman–Crippen LogP) is 5.40. The van der Waals surface area contributed by atoms with Gasteiger partial charge in [-0.25, -0.2) is 0 Å². The Labute approximate surface area is 179 Å². The summed E-state index contributed by atoms with van der Waals surface area (Å²) < 4.78 is 5.71. The Morgan fingerprint density at radius 1 is 0.867 bits per heavy atom. The summed E-state index contributed by atoms with van der Waals surface area (Å²) in [7, 11) is 1.70. The van der Waals surface area contributed by atoms with Crippen LogP contribution in [0.3, 0.4) is 0 Å². The van der Waals surface area contributed by atoms with Gasteiger partial charge in [0.15, 0.2) is 0 Å². The second-order valence-corrected chi connectivity index (χ2v) is 8.28. The summed E-state index contributed by atoms with van der Waals surface area (Å²) >= 11 is 0. The van der Waals surface area contributed by atoms with Crippen molar-refractivity contribution in [1.82, 2.24) is 15.0 Å². The first kappa shape index (κ1) is 21.8. The second-order valence-electron chi connectivity index (χ2n) is 8.28. The van der Waals surface area contributed by atoms with Gasteiger partial charge in [-0.3, -0.25) is 15.0 Å². The molecule has 1 N–H and O–H groups in total. The van der Waals surface area contributed by atoms with Crippen molar-refractivity contribution in [2.75, 3.05) is 7.11 Å². The Balaban J connectivity index is 1.83. The lowest BCUT2D eigenvalue weighted by Crippen LogP contribution is -2.07. The number of methoxy groups -OCH3 is 1. The summed E-state index contributed by atoms with van der Waals surface area (Å²) in [6.07, 6.45) is 10.5. The Morgan fingerprint density at radius 2 is 1.53 bits per heavy atom. The van der Waals surface area contributed by atoms with E-state index in [-0.39, 0.29) is 11.8 Å². The number of ether oxygens (including phenoxy) is 1. The summed E-state index contributed by atoms with van der Waals surface area (Å²) in [4.78, 5) is 13.3. The third-order valence-electron chi connectivity index (χ3n) is 5.62. The third-order valence-corrected chi connectivity index (χ3v) is 5.62. The summed E-state index contributed by atoms with van der Waals surface area (Å²) in [5.74, 6) is 1.80. The van der Waals surface area contributed by atoms with Gasteiger partial charge in [0.2, 0.25) is 0 Å². The van der Waals surface area contributed by atoms with Gasteiger partial charge in [-0.2, -0.15) is 0 Å². The fraction of sp³-hybridized carbons (Fsp3) is 0.400. The van der Waals surface area contributed by atoms with E-state index in [1.54, 1.807) is 25.7 Å². The number of nitrogens with zero attached hydrogens (tertiary/aromatic N) is 3. The molecule has 2 atom stereocenters. The minimum Gasteiger partial charge on any atom is -0.507 e. The Hall–Kier alpha value is -2.95. The smallest absolute Gasteiger partial charge is 0.128 e. The predicted molar refractivity (Wildman–Crippen MR) is 119 cm³/mol. The monoisotopic (exact) mass is 405 g/mol. The van der Waals surface area contributed by atoms with Crippen molar-refractivity contribution < 1.29 is 9.84 Å².